The maximum absolute atomic E-state index is 13.8. The topological polar surface area (TPSA) is 61.2 Å². The van der Waals surface area contributed by atoms with Gasteiger partial charge in [0.2, 0.25) is 0 Å². The van der Waals surface area contributed by atoms with E-state index in [0.717, 1.165) is 12.2 Å². The van der Waals surface area contributed by atoms with Crippen LogP contribution in [-0.4, -0.2) is 41.9 Å². The molecule has 2 aromatic rings. The molecule has 0 aliphatic heterocycles. The van der Waals surface area contributed by atoms with Crippen molar-refractivity contribution in [2.45, 2.75) is 13.5 Å². The van der Waals surface area contributed by atoms with Crippen LogP contribution in [0.1, 0.15) is 12.6 Å². The molecule has 0 unspecified atom stereocenters. The Morgan fingerprint density at radius 2 is 2.24 bits per heavy atom. The van der Waals surface area contributed by atoms with Crippen LogP contribution >= 0.6 is 0 Å². The van der Waals surface area contributed by atoms with Crippen molar-refractivity contribution in [2.24, 2.45) is 0 Å². The maximum atomic E-state index is 13.8. The molecule has 0 amide bonds. The zero-order chi connectivity index (χ0) is 15.1. The standard InChI is InChI=1S/C14H19FN4O2/c1-3-21-14-5-4-12(8-13(14)15)19-10-11(17-18-19)9-16-6-7-20-2/h4-5,8,10,16H,3,6-7,9H2,1-2H3. The minimum absolute atomic E-state index is 0.239. The summed E-state index contributed by atoms with van der Waals surface area (Å²) in [6, 6.07) is 4.71. The first-order valence-corrected chi connectivity index (χ1v) is 6.78. The first-order chi connectivity index (χ1) is 10.2. The summed E-state index contributed by atoms with van der Waals surface area (Å²) < 4.78 is 25.4. The van der Waals surface area contributed by atoms with Gasteiger partial charge in [0.1, 0.15) is 0 Å². The summed E-state index contributed by atoms with van der Waals surface area (Å²) in [5.41, 5.74) is 1.38. The van der Waals surface area contributed by atoms with Gasteiger partial charge in [-0.05, 0) is 19.1 Å². The van der Waals surface area contributed by atoms with Gasteiger partial charge in [0.25, 0.3) is 0 Å². The van der Waals surface area contributed by atoms with Gasteiger partial charge in [0.15, 0.2) is 11.6 Å². The van der Waals surface area contributed by atoms with Crippen LogP contribution < -0.4 is 10.1 Å². The van der Waals surface area contributed by atoms with Gasteiger partial charge in [0.05, 0.1) is 30.8 Å². The van der Waals surface area contributed by atoms with Crippen LogP contribution in [-0.2, 0) is 11.3 Å². The lowest BCUT2D eigenvalue weighted by molar-refractivity contribution is 0.199. The number of hydrogen-bond donors (Lipinski definition) is 1. The Morgan fingerprint density at radius 3 is 2.95 bits per heavy atom. The van der Waals surface area contributed by atoms with Crippen molar-refractivity contribution in [3.8, 4) is 11.4 Å². The third-order valence-corrected chi connectivity index (χ3v) is 2.81. The number of rotatable bonds is 8. The molecule has 114 valence electrons. The second kappa shape index (κ2) is 7.70. The van der Waals surface area contributed by atoms with Crippen LogP contribution in [0.3, 0.4) is 0 Å². The van der Waals surface area contributed by atoms with Crippen molar-refractivity contribution in [3.63, 3.8) is 0 Å². The predicted octanol–water partition coefficient (Wildman–Crippen LogP) is 1.54. The molecule has 0 aliphatic carbocycles. The summed E-state index contributed by atoms with van der Waals surface area (Å²) in [4.78, 5) is 0. The number of aromatic nitrogens is 3. The summed E-state index contributed by atoms with van der Waals surface area (Å²) in [5.74, 6) is -0.174. The molecule has 0 spiro atoms. The van der Waals surface area contributed by atoms with Crippen molar-refractivity contribution in [1.29, 1.82) is 0 Å². The van der Waals surface area contributed by atoms with E-state index >= 15 is 0 Å². The highest BCUT2D eigenvalue weighted by Crippen LogP contribution is 2.20. The molecule has 0 bridgehead atoms. The van der Waals surface area contributed by atoms with E-state index in [4.69, 9.17) is 9.47 Å². The quantitative estimate of drug-likeness (QED) is 0.748. The van der Waals surface area contributed by atoms with E-state index in [9.17, 15) is 4.39 Å². The summed E-state index contributed by atoms with van der Waals surface area (Å²) in [7, 11) is 1.65. The highest BCUT2D eigenvalue weighted by atomic mass is 19.1. The van der Waals surface area contributed by atoms with Gasteiger partial charge in [-0.25, -0.2) is 9.07 Å². The molecule has 0 saturated carbocycles. The van der Waals surface area contributed by atoms with Gasteiger partial charge in [-0.15, -0.1) is 5.10 Å². The summed E-state index contributed by atoms with van der Waals surface area (Å²) in [6.07, 6.45) is 1.76. The first kappa shape index (κ1) is 15.4. The molecule has 0 aliphatic rings. The van der Waals surface area contributed by atoms with E-state index < -0.39 is 5.82 Å². The second-order valence-electron chi connectivity index (χ2n) is 4.37. The monoisotopic (exact) mass is 294 g/mol. The number of benzene rings is 1. The summed E-state index contributed by atoms with van der Waals surface area (Å²) in [5, 5.41) is 11.2. The van der Waals surface area contributed by atoms with Gasteiger partial charge in [0, 0.05) is 26.3 Å². The average molecular weight is 294 g/mol. The molecule has 0 atom stereocenters. The Hall–Kier alpha value is -1.99. The number of ether oxygens (including phenoxy) is 2. The number of hydrogen-bond acceptors (Lipinski definition) is 5. The van der Waals surface area contributed by atoms with E-state index in [2.05, 4.69) is 15.6 Å². The number of methoxy groups -OCH3 is 1. The minimum atomic E-state index is -0.412. The highest BCUT2D eigenvalue weighted by Gasteiger charge is 2.07. The Kier molecular flexibility index (Phi) is 5.65. The van der Waals surface area contributed by atoms with E-state index in [1.165, 1.54) is 10.7 Å². The molecule has 21 heavy (non-hydrogen) atoms. The third-order valence-electron chi connectivity index (χ3n) is 2.81. The normalized spacial score (nSPS) is 10.8. The van der Waals surface area contributed by atoms with Gasteiger partial charge < -0.3 is 14.8 Å². The fourth-order valence-corrected chi connectivity index (χ4v) is 1.80. The zero-order valence-corrected chi connectivity index (χ0v) is 12.2. The summed E-state index contributed by atoms with van der Waals surface area (Å²) >= 11 is 0. The van der Waals surface area contributed by atoms with Crippen molar-refractivity contribution < 1.29 is 13.9 Å². The van der Waals surface area contributed by atoms with Crippen LogP contribution in [0.4, 0.5) is 4.39 Å². The highest BCUT2D eigenvalue weighted by molar-refractivity contribution is 5.38. The van der Waals surface area contributed by atoms with Crippen molar-refractivity contribution in [2.75, 3.05) is 26.9 Å². The third kappa shape index (κ3) is 4.24. The molecule has 2 rings (SSSR count). The number of nitrogens with zero attached hydrogens (tertiary/aromatic N) is 3. The van der Waals surface area contributed by atoms with E-state index in [0.29, 0.717) is 25.4 Å². The Morgan fingerprint density at radius 1 is 1.38 bits per heavy atom. The van der Waals surface area contributed by atoms with Crippen LogP contribution in [0.15, 0.2) is 24.4 Å². The number of nitrogens with one attached hydrogen (secondary N) is 1. The van der Waals surface area contributed by atoms with Gasteiger partial charge >= 0.3 is 0 Å². The molecule has 0 fully saturated rings. The van der Waals surface area contributed by atoms with Crippen LogP contribution in [0, 0.1) is 5.82 Å². The molecule has 6 nitrogen and oxygen atoms in total. The molecule has 0 saturated heterocycles. The smallest absolute Gasteiger partial charge is 0.167 e. The first-order valence-electron chi connectivity index (χ1n) is 6.78. The Bertz CT molecular complexity index is 574. The molecule has 1 aromatic carbocycles. The second-order valence-corrected chi connectivity index (χ2v) is 4.37. The predicted molar refractivity (Wildman–Crippen MR) is 76.1 cm³/mol. The summed E-state index contributed by atoms with van der Waals surface area (Å²) in [6.45, 7) is 4.20. The maximum Gasteiger partial charge on any atom is 0.167 e. The molecule has 1 N–H and O–H groups in total. The molecular weight excluding hydrogens is 275 g/mol. The molecule has 0 radical (unpaired) electrons. The minimum Gasteiger partial charge on any atom is -0.491 e. The van der Waals surface area contributed by atoms with Gasteiger partial charge in [-0.2, -0.15) is 0 Å². The SMILES string of the molecule is CCOc1ccc(-n2cc(CNCCOC)nn2)cc1F. The van der Waals surface area contributed by atoms with Crippen LogP contribution in [0.25, 0.3) is 5.69 Å². The Labute approximate surface area is 122 Å². The van der Waals surface area contributed by atoms with Crippen molar-refractivity contribution in [1.82, 2.24) is 20.3 Å². The largest absolute Gasteiger partial charge is 0.491 e. The fraction of sp³-hybridized carbons (Fsp3) is 0.429. The molecular formula is C14H19FN4O2. The molecule has 1 aromatic heterocycles. The zero-order valence-electron chi connectivity index (χ0n) is 12.2. The van der Waals surface area contributed by atoms with Crippen molar-refractivity contribution >= 4 is 0 Å². The van der Waals surface area contributed by atoms with E-state index in [1.54, 1.807) is 25.4 Å². The average Bonchev–Trinajstić information content (AvgIpc) is 2.95. The van der Waals surface area contributed by atoms with Gasteiger partial charge in [-0.3, -0.25) is 0 Å². The lowest BCUT2D eigenvalue weighted by Crippen LogP contribution is -2.18. The molecule has 7 heteroatoms. The number of halogens is 1. The molecule has 1 heterocycles. The van der Waals surface area contributed by atoms with E-state index in [1.807, 2.05) is 6.92 Å². The van der Waals surface area contributed by atoms with Crippen LogP contribution in [0.2, 0.25) is 0 Å². The lowest BCUT2D eigenvalue weighted by atomic mass is 10.3. The van der Waals surface area contributed by atoms with E-state index in [-0.39, 0.29) is 5.75 Å². The fourth-order valence-electron chi connectivity index (χ4n) is 1.80. The lowest BCUT2D eigenvalue weighted by Gasteiger charge is -2.06. The van der Waals surface area contributed by atoms with Crippen LogP contribution in [0.5, 0.6) is 5.75 Å². The van der Waals surface area contributed by atoms with Gasteiger partial charge in [-0.1, -0.05) is 5.21 Å². The van der Waals surface area contributed by atoms with Crippen molar-refractivity contribution in [3.05, 3.63) is 35.9 Å². The Balaban J connectivity index is 2.02.